The highest BCUT2D eigenvalue weighted by Crippen LogP contribution is 2.16. The van der Waals surface area contributed by atoms with E-state index in [9.17, 15) is 0 Å². The van der Waals surface area contributed by atoms with E-state index in [1.807, 2.05) is 6.26 Å². The number of hydrogen-bond acceptors (Lipinski definition) is 4. The van der Waals surface area contributed by atoms with Crippen LogP contribution >= 0.6 is 0 Å². The minimum atomic E-state index is 0.131. The van der Waals surface area contributed by atoms with E-state index in [0.29, 0.717) is 6.10 Å². The lowest BCUT2D eigenvalue weighted by molar-refractivity contribution is -0.00338. The first-order valence-electron chi connectivity index (χ1n) is 8.04. The molecule has 0 radical (unpaired) electrons. The summed E-state index contributed by atoms with van der Waals surface area (Å²) >= 11 is 0. The molecule has 1 aromatic rings. The molecule has 1 aliphatic rings. The maximum absolute atomic E-state index is 5.79. The highest BCUT2D eigenvalue weighted by Gasteiger charge is 2.17. The molecule has 0 spiro atoms. The molecule has 0 aromatic carbocycles. The molecule has 1 N–H and O–H groups in total. The van der Waals surface area contributed by atoms with E-state index in [4.69, 9.17) is 9.15 Å². The number of likely N-dealkylation sites (N-methyl/N-ethyl adjacent to an activating group) is 1. The fourth-order valence-electron chi connectivity index (χ4n) is 2.60. The van der Waals surface area contributed by atoms with Gasteiger partial charge in [0.05, 0.1) is 18.9 Å². The summed E-state index contributed by atoms with van der Waals surface area (Å²) in [6.07, 6.45) is 5.94. The van der Waals surface area contributed by atoms with Crippen LogP contribution in [0.25, 0.3) is 0 Å². The van der Waals surface area contributed by atoms with Crippen LogP contribution in [0.4, 0.5) is 0 Å². The summed E-state index contributed by atoms with van der Waals surface area (Å²) in [5.74, 6) is 1.03. The summed E-state index contributed by atoms with van der Waals surface area (Å²) < 4.78 is 11.5. The fourth-order valence-corrected chi connectivity index (χ4v) is 2.60. The van der Waals surface area contributed by atoms with E-state index in [0.717, 1.165) is 32.0 Å². The summed E-state index contributed by atoms with van der Waals surface area (Å²) in [6.45, 7) is 10.1. The van der Waals surface area contributed by atoms with Crippen molar-refractivity contribution in [3.8, 4) is 0 Å². The average molecular weight is 294 g/mol. The van der Waals surface area contributed by atoms with E-state index in [-0.39, 0.29) is 5.54 Å². The standard InChI is InChI=1S/C17H30N2O2/c1-17(2,3)18-10-14-9-16(21-13-14)12-19(4)11-15-7-5-6-8-20-15/h9,13,15,18H,5-8,10-12H2,1-4H3. The van der Waals surface area contributed by atoms with Crippen molar-refractivity contribution in [1.82, 2.24) is 10.2 Å². The maximum Gasteiger partial charge on any atom is 0.118 e. The zero-order chi connectivity index (χ0) is 15.3. The Morgan fingerprint density at radius 2 is 2.14 bits per heavy atom. The molecule has 120 valence electrons. The molecule has 1 unspecified atom stereocenters. The molecule has 0 amide bonds. The first-order chi connectivity index (χ1) is 9.92. The normalized spacial score (nSPS) is 20.1. The van der Waals surface area contributed by atoms with Crippen LogP contribution in [-0.2, 0) is 17.8 Å². The Labute approximate surface area is 128 Å². The molecular formula is C17H30N2O2. The van der Waals surface area contributed by atoms with Gasteiger partial charge in [-0.2, -0.15) is 0 Å². The number of ether oxygens (including phenoxy) is 1. The van der Waals surface area contributed by atoms with Crippen LogP contribution in [0.1, 0.15) is 51.4 Å². The summed E-state index contributed by atoms with van der Waals surface area (Å²) in [4.78, 5) is 2.29. The Bertz CT molecular complexity index is 417. The summed E-state index contributed by atoms with van der Waals surface area (Å²) in [7, 11) is 2.13. The molecule has 1 saturated heterocycles. The van der Waals surface area contributed by atoms with Crippen molar-refractivity contribution in [2.24, 2.45) is 0 Å². The molecule has 0 bridgehead atoms. The quantitative estimate of drug-likeness (QED) is 0.874. The van der Waals surface area contributed by atoms with Gasteiger partial charge in [0.2, 0.25) is 0 Å². The van der Waals surface area contributed by atoms with Crippen LogP contribution in [0.2, 0.25) is 0 Å². The number of furan rings is 1. The zero-order valence-corrected chi connectivity index (χ0v) is 13.9. The van der Waals surface area contributed by atoms with Gasteiger partial charge >= 0.3 is 0 Å². The molecule has 0 aliphatic carbocycles. The molecule has 1 atom stereocenters. The molecule has 4 heteroatoms. The van der Waals surface area contributed by atoms with Crippen molar-refractivity contribution in [2.75, 3.05) is 20.2 Å². The van der Waals surface area contributed by atoms with Crippen LogP contribution in [0.5, 0.6) is 0 Å². The van der Waals surface area contributed by atoms with Crippen LogP contribution in [0.15, 0.2) is 16.7 Å². The molecule has 4 nitrogen and oxygen atoms in total. The highest BCUT2D eigenvalue weighted by atomic mass is 16.5. The summed E-state index contributed by atoms with van der Waals surface area (Å²) in [5, 5.41) is 3.48. The Hall–Kier alpha value is -0.840. The third-order valence-corrected chi connectivity index (χ3v) is 3.75. The number of rotatable bonds is 6. The Balaban J connectivity index is 1.75. The predicted molar refractivity (Wildman–Crippen MR) is 85.2 cm³/mol. The van der Waals surface area contributed by atoms with Crippen molar-refractivity contribution in [2.45, 2.75) is 64.8 Å². The van der Waals surface area contributed by atoms with E-state index >= 15 is 0 Å². The van der Waals surface area contributed by atoms with Crippen LogP contribution in [-0.4, -0.2) is 36.7 Å². The van der Waals surface area contributed by atoms with Crippen molar-refractivity contribution in [3.63, 3.8) is 0 Å². The molecule has 0 saturated carbocycles. The van der Waals surface area contributed by atoms with Crippen molar-refractivity contribution >= 4 is 0 Å². The zero-order valence-electron chi connectivity index (χ0n) is 13.9. The highest BCUT2D eigenvalue weighted by molar-refractivity contribution is 5.13. The molecule has 1 fully saturated rings. The minimum absolute atomic E-state index is 0.131. The van der Waals surface area contributed by atoms with Gasteiger partial charge in [0.15, 0.2) is 0 Å². The molecule has 1 aromatic heterocycles. The lowest BCUT2D eigenvalue weighted by Crippen LogP contribution is -2.34. The number of nitrogens with one attached hydrogen (secondary N) is 1. The van der Waals surface area contributed by atoms with E-state index < -0.39 is 0 Å². The van der Waals surface area contributed by atoms with Gasteiger partial charge in [0, 0.05) is 30.8 Å². The number of nitrogens with zero attached hydrogens (tertiary/aromatic N) is 1. The molecule has 2 rings (SSSR count). The van der Waals surface area contributed by atoms with Crippen LogP contribution < -0.4 is 5.32 Å². The maximum atomic E-state index is 5.79. The lowest BCUT2D eigenvalue weighted by atomic mass is 10.1. The Morgan fingerprint density at radius 1 is 1.33 bits per heavy atom. The van der Waals surface area contributed by atoms with Gasteiger partial charge in [-0.3, -0.25) is 4.90 Å². The van der Waals surface area contributed by atoms with Gasteiger partial charge in [-0.15, -0.1) is 0 Å². The van der Waals surface area contributed by atoms with E-state index in [2.05, 4.69) is 44.1 Å². The topological polar surface area (TPSA) is 37.6 Å². The van der Waals surface area contributed by atoms with Gasteiger partial charge in [-0.1, -0.05) is 0 Å². The minimum Gasteiger partial charge on any atom is -0.468 e. The second-order valence-corrected chi connectivity index (χ2v) is 7.21. The van der Waals surface area contributed by atoms with Gasteiger partial charge in [-0.25, -0.2) is 0 Å². The third kappa shape index (κ3) is 6.20. The largest absolute Gasteiger partial charge is 0.468 e. The number of hydrogen-bond donors (Lipinski definition) is 1. The Kier molecular flexibility index (Phi) is 5.85. The predicted octanol–water partition coefficient (Wildman–Crippen LogP) is 3.17. The molecule has 1 aliphatic heterocycles. The van der Waals surface area contributed by atoms with Crippen molar-refractivity contribution in [3.05, 3.63) is 23.7 Å². The Morgan fingerprint density at radius 3 is 2.81 bits per heavy atom. The van der Waals surface area contributed by atoms with E-state index in [1.54, 1.807) is 0 Å². The average Bonchev–Trinajstić information content (AvgIpc) is 2.84. The van der Waals surface area contributed by atoms with Gasteiger partial charge in [-0.05, 0) is 53.1 Å². The summed E-state index contributed by atoms with van der Waals surface area (Å²) in [6, 6.07) is 2.15. The third-order valence-electron chi connectivity index (χ3n) is 3.75. The molecular weight excluding hydrogens is 264 g/mol. The van der Waals surface area contributed by atoms with E-state index in [1.165, 1.54) is 24.8 Å². The van der Waals surface area contributed by atoms with Crippen LogP contribution in [0.3, 0.4) is 0 Å². The smallest absolute Gasteiger partial charge is 0.118 e. The molecule has 2 heterocycles. The van der Waals surface area contributed by atoms with Gasteiger partial charge < -0.3 is 14.5 Å². The molecule has 21 heavy (non-hydrogen) atoms. The second kappa shape index (κ2) is 7.43. The SMILES string of the molecule is CN(Cc1cc(CNC(C)(C)C)co1)CC1CCCCO1. The van der Waals surface area contributed by atoms with Gasteiger partial charge in [0.25, 0.3) is 0 Å². The first kappa shape index (κ1) is 16.5. The van der Waals surface area contributed by atoms with Crippen LogP contribution in [0, 0.1) is 0 Å². The van der Waals surface area contributed by atoms with Crippen molar-refractivity contribution < 1.29 is 9.15 Å². The monoisotopic (exact) mass is 294 g/mol. The first-order valence-corrected chi connectivity index (χ1v) is 8.04. The summed E-state index contributed by atoms with van der Waals surface area (Å²) in [5.41, 5.74) is 1.34. The van der Waals surface area contributed by atoms with Gasteiger partial charge in [0.1, 0.15) is 5.76 Å². The lowest BCUT2D eigenvalue weighted by Gasteiger charge is -2.26. The second-order valence-electron chi connectivity index (χ2n) is 7.21. The fraction of sp³-hybridized carbons (Fsp3) is 0.765. The van der Waals surface area contributed by atoms with Crippen molar-refractivity contribution in [1.29, 1.82) is 0 Å².